The molecule has 0 unspecified atom stereocenters. The fourth-order valence-corrected chi connectivity index (χ4v) is 3.15. The molecule has 3 N–H and O–H groups in total. The Hall–Kier alpha value is -3.45. The Morgan fingerprint density at radius 1 is 0.897 bits per heavy atom. The minimum atomic E-state index is 0. The molecule has 2 aromatic heterocycles. The van der Waals surface area contributed by atoms with Gasteiger partial charge in [-0.1, -0.05) is 12.1 Å². The number of anilines is 1. The van der Waals surface area contributed by atoms with Gasteiger partial charge in [-0.15, -0.1) is 12.4 Å². The Kier molecular flexibility index (Phi) is 5.79. The second-order valence-electron chi connectivity index (χ2n) is 6.17. The number of nitrogens with one attached hydrogen (secondary N) is 1. The third-order valence-electron chi connectivity index (χ3n) is 4.56. The molecule has 4 aromatic rings. The van der Waals surface area contributed by atoms with Gasteiger partial charge in [-0.3, -0.25) is 0 Å². The molecule has 0 radical (unpaired) electrons. The molecule has 2 aromatic carbocycles. The molecule has 0 aliphatic carbocycles. The van der Waals surface area contributed by atoms with Crippen molar-refractivity contribution in [2.24, 2.45) is 0 Å². The predicted molar refractivity (Wildman–Crippen MR) is 116 cm³/mol. The van der Waals surface area contributed by atoms with E-state index in [4.69, 9.17) is 19.9 Å². The summed E-state index contributed by atoms with van der Waals surface area (Å²) in [6.45, 7) is 0. The number of H-pyrrole nitrogens is 1. The quantitative estimate of drug-likeness (QED) is 0.506. The lowest BCUT2D eigenvalue weighted by molar-refractivity contribution is 0.324. The molecule has 0 aliphatic heterocycles. The van der Waals surface area contributed by atoms with E-state index in [-0.39, 0.29) is 12.4 Å². The average molecular weight is 413 g/mol. The molecule has 150 valence electrons. The van der Waals surface area contributed by atoms with Gasteiger partial charge in [0.05, 0.1) is 37.9 Å². The van der Waals surface area contributed by atoms with Gasteiger partial charge in [0.2, 0.25) is 5.75 Å². The summed E-state index contributed by atoms with van der Waals surface area (Å²) in [5.41, 5.74) is 10.4. The van der Waals surface area contributed by atoms with E-state index in [0.29, 0.717) is 28.9 Å². The number of rotatable bonds is 5. The highest BCUT2D eigenvalue weighted by Crippen LogP contribution is 2.41. The number of benzene rings is 2. The fourth-order valence-electron chi connectivity index (χ4n) is 3.15. The summed E-state index contributed by atoms with van der Waals surface area (Å²) in [6, 6.07) is 13.5. The summed E-state index contributed by atoms with van der Waals surface area (Å²) in [5, 5.41) is 0. The van der Waals surface area contributed by atoms with Crippen molar-refractivity contribution in [1.29, 1.82) is 0 Å². The number of ether oxygens (including phenoxy) is 3. The van der Waals surface area contributed by atoms with Crippen LogP contribution in [0.5, 0.6) is 17.2 Å². The summed E-state index contributed by atoms with van der Waals surface area (Å²) in [6.07, 6.45) is 1.71. The number of aromatic nitrogens is 3. The van der Waals surface area contributed by atoms with Gasteiger partial charge in [-0.2, -0.15) is 0 Å². The van der Waals surface area contributed by atoms with Crippen LogP contribution in [0.2, 0.25) is 0 Å². The Morgan fingerprint density at radius 3 is 2.21 bits per heavy atom. The van der Waals surface area contributed by atoms with Crippen LogP contribution < -0.4 is 19.9 Å². The lowest BCUT2D eigenvalue weighted by atomic mass is 10.0. The summed E-state index contributed by atoms with van der Waals surface area (Å²) in [4.78, 5) is 12.3. The largest absolute Gasteiger partial charge is 0.493 e. The fraction of sp³-hybridized carbons (Fsp3) is 0.143. The van der Waals surface area contributed by atoms with Crippen LogP contribution in [0.3, 0.4) is 0 Å². The van der Waals surface area contributed by atoms with E-state index in [1.165, 1.54) is 0 Å². The predicted octanol–water partition coefficient (Wildman–Crippen LogP) is 4.32. The monoisotopic (exact) mass is 412 g/mol. The van der Waals surface area contributed by atoms with Crippen molar-refractivity contribution in [2.45, 2.75) is 0 Å². The number of para-hydroxylation sites is 2. The number of pyridine rings is 1. The van der Waals surface area contributed by atoms with E-state index in [9.17, 15) is 0 Å². The van der Waals surface area contributed by atoms with E-state index in [0.717, 1.165) is 27.7 Å². The standard InChI is InChI=1S/C21H20N4O3.ClH/c1-26-17-9-12(10-18(27-2)19(17)28-3)13-8-14(20(22)23-11-13)21-24-15-6-4-5-7-16(15)25-21;/h4-11H,1-3H3,(H2,22,23)(H,24,25);1H. The maximum atomic E-state index is 6.14. The number of hydrogen-bond donors (Lipinski definition) is 2. The van der Waals surface area contributed by atoms with E-state index in [1.54, 1.807) is 27.5 Å². The van der Waals surface area contributed by atoms with Gasteiger partial charge in [-0.25, -0.2) is 9.97 Å². The number of fused-ring (bicyclic) bond motifs is 1. The van der Waals surface area contributed by atoms with Gasteiger partial charge in [0.15, 0.2) is 11.5 Å². The van der Waals surface area contributed by atoms with Gasteiger partial charge in [0.25, 0.3) is 0 Å². The molecule has 0 bridgehead atoms. The lowest BCUT2D eigenvalue weighted by Gasteiger charge is -2.14. The molecule has 0 aliphatic rings. The highest BCUT2D eigenvalue weighted by molar-refractivity contribution is 5.85. The summed E-state index contributed by atoms with van der Waals surface area (Å²) >= 11 is 0. The molecule has 0 saturated heterocycles. The van der Waals surface area contributed by atoms with Crippen molar-refractivity contribution < 1.29 is 14.2 Å². The van der Waals surface area contributed by atoms with Crippen LogP contribution in [-0.2, 0) is 0 Å². The third-order valence-corrected chi connectivity index (χ3v) is 4.56. The van der Waals surface area contributed by atoms with Gasteiger partial charge < -0.3 is 24.9 Å². The molecular weight excluding hydrogens is 392 g/mol. The molecule has 0 atom stereocenters. The normalized spacial score (nSPS) is 10.4. The van der Waals surface area contributed by atoms with Crippen molar-refractivity contribution in [1.82, 2.24) is 15.0 Å². The van der Waals surface area contributed by atoms with Crippen molar-refractivity contribution in [3.05, 3.63) is 48.7 Å². The van der Waals surface area contributed by atoms with Crippen LogP contribution in [0.15, 0.2) is 48.7 Å². The highest BCUT2D eigenvalue weighted by atomic mass is 35.5. The summed E-state index contributed by atoms with van der Waals surface area (Å²) in [5.74, 6) is 2.74. The topological polar surface area (TPSA) is 95.3 Å². The Labute approximate surface area is 174 Å². The van der Waals surface area contributed by atoms with Gasteiger partial charge in [0.1, 0.15) is 11.6 Å². The minimum Gasteiger partial charge on any atom is -0.493 e. The van der Waals surface area contributed by atoms with Gasteiger partial charge in [0, 0.05) is 11.8 Å². The first-order valence-corrected chi connectivity index (χ1v) is 8.65. The third kappa shape index (κ3) is 3.64. The maximum Gasteiger partial charge on any atom is 0.203 e. The molecular formula is C21H21ClN4O3. The highest BCUT2D eigenvalue weighted by Gasteiger charge is 2.16. The van der Waals surface area contributed by atoms with Gasteiger partial charge >= 0.3 is 0 Å². The second-order valence-corrected chi connectivity index (χ2v) is 6.17. The number of halogens is 1. The van der Waals surface area contributed by atoms with Crippen LogP contribution in [0.25, 0.3) is 33.5 Å². The van der Waals surface area contributed by atoms with Crippen LogP contribution in [0.4, 0.5) is 5.82 Å². The first-order valence-electron chi connectivity index (χ1n) is 8.65. The molecule has 4 rings (SSSR count). The van der Waals surface area contributed by atoms with Crippen LogP contribution in [0, 0.1) is 0 Å². The van der Waals surface area contributed by atoms with Crippen molar-refractivity contribution in [3.63, 3.8) is 0 Å². The average Bonchev–Trinajstić information content (AvgIpc) is 3.16. The number of aromatic amines is 1. The van der Waals surface area contributed by atoms with Crippen LogP contribution >= 0.6 is 12.4 Å². The lowest BCUT2D eigenvalue weighted by Crippen LogP contribution is -1.98. The Balaban J connectivity index is 0.00000240. The Morgan fingerprint density at radius 2 is 1.59 bits per heavy atom. The molecule has 2 heterocycles. The first-order chi connectivity index (χ1) is 13.6. The van der Waals surface area contributed by atoms with E-state index in [2.05, 4.69) is 15.0 Å². The number of methoxy groups -OCH3 is 3. The van der Waals surface area contributed by atoms with Crippen molar-refractivity contribution in [2.75, 3.05) is 27.1 Å². The number of hydrogen-bond acceptors (Lipinski definition) is 6. The Bertz CT molecular complexity index is 1100. The molecule has 0 spiro atoms. The van der Waals surface area contributed by atoms with E-state index in [1.807, 2.05) is 42.5 Å². The van der Waals surface area contributed by atoms with E-state index >= 15 is 0 Å². The molecule has 0 saturated carbocycles. The second kappa shape index (κ2) is 8.28. The van der Waals surface area contributed by atoms with Crippen molar-refractivity contribution >= 4 is 29.3 Å². The molecule has 0 fully saturated rings. The summed E-state index contributed by atoms with van der Waals surface area (Å²) in [7, 11) is 4.74. The number of nitrogens with two attached hydrogens (primary N) is 1. The maximum absolute atomic E-state index is 6.14. The zero-order valence-corrected chi connectivity index (χ0v) is 17.0. The molecule has 0 amide bonds. The minimum absolute atomic E-state index is 0. The summed E-state index contributed by atoms with van der Waals surface area (Å²) < 4.78 is 16.3. The molecule has 7 nitrogen and oxygen atoms in total. The van der Waals surface area contributed by atoms with Crippen molar-refractivity contribution in [3.8, 4) is 39.8 Å². The number of nitrogen functional groups attached to an aromatic ring is 1. The molecule has 8 heteroatoms. The van der Waals surface area contributed by atoms with Crippen LogP contribution in [0.1, 0.15) is 0 Å². The van der Waals surface area contributed by atoms with Crippen LogP contribution in [-0.4, -0.2) is 36.3 Å². The first kappa shape index (κ1) is 20.3. The zero-order valence-electron chi connectivity index (χ0n) is 16.2. The molecule has 29 heavy (non-hydrogen) atoms. The smallest absolute Gasteiger partial charge is 0.203 e. The van der Waals surface area contributed by atoms with E-state index < -0.39 is 0 Å². The SMILES string of the molecule is COc1cc(-c2cnc(N)c(-c3nc4ccccc4[nH]3)c2)cc(OC)c1OC.Cl. The zero-order chi connectivity index (χ0) is 19.7. The number of imidazole rings is 1. The number of nitrogens with zero attached hydrogens (tertiary/aromatic N) is 2. The van der Waals surface area contributed by atoms with Gasteiger partial charge in [-0.05, 0) is 35.9 Å².